The van der Waals surface area contributed by atoms with Gasteiger partial charge in [-0.25, -0.2) is 0 Å². The van der Waals surface area contributed by atoms with Gasteiger partial charge in [0.1, 0.15) is 0 Å². The van der Waals surface area contributed by atoms with Gasteiger partial charge in [0.05, 0.1) is 0 Å². The second-order valence-corrected chi connectivity index (χ2v) is 7.68. The van der Waals surface area contributed by atoms with Crippen molar-refractivity contribution in [1.82, 2.24) is 5.32 Å². The van der Waals surface area contributed by atoms with Gasteiger partial charge in [-0.3, -0.25) is 0 Å². The van der Waals surface area contributed by atoms with Crippen LogP contribution in [0.15, 0.2) is 12.1 Å². The van der Waals surface area contributed by atoms with E-state index in [4.69, 9.17) is 5.73 Å². The number of nitrogens with one attached hydrogen (secondary N) is 1. The molecule has 0 aromatic carbocycles. The Bertz CT molecular complexity index is 370. The van der Waals surface area contributed by atoms with Crippen LogP contribution in [0.2, 0.25) is 0 Å². The first-order chi connectivity index (χ1) is 8.45. The summed E-state index contributed by atoms with van der Waals surface area (Å²) in [6.45, 7) is 7.84. The Labute approximate surface area is 115 Å². The molecule has 0 spiro atoms. The molecule has 1 aromatic rings. The minimum absolute atomic E-state index is 0.278. The summed E-state index contributed by atoms with van der Waals surface area (Å²) in [6.07, 6.45) is 4.82. The number of hydrogen-bond acceptors (Lipinski definition) is 3. The summed E-state index contributed by atoms with van der Waals surface area (Å²) >= 11 is 1.94. The standard InChI is InChI=1S/C15H26N2S/c1-15(2,3)14-9-8-13(18-14)10-17-12-6-4-11(16)5-7-12/h8-9,11-12,17H,4-7,10,16H2,1-3H3. The molecule has 1 aromatic heterocycles. The Kier molecular flexibility index (Phi) is 4.46. The van der Waals surface area contributed by atoms with Gasteiger partial charge >= 0.3 is 0 Å². The monoisotopic (exact) mass is 266 g/mol. The predicted octanol–water partition coefficient (Wildman–Crippen LogP) is 3.41. The minimum Gasteiger partial charge on any atom is -0.328 e. The summed E-state index contributed by atoms with van der Waals surface area (Å²) in [5.74, 6) is 0. The van der Waals surface area contributed by atoms with Gasteiger partial charge in [-0.2, -0.15) is 0 Å². The van der Waals surface area contributed by atoms with Crippen LogP contribution in [0.5, 0.6) is 0 Å². The van der Waals surface area contributed by atoms with Crippen LogP contribution in [0.25, 0.3) is 0 Å². The molecule has 0 saturated heterocycles. The van der Waals surface area contributed by atoms with E-state index < -0.39 is 0 Å². The lowest BCUT2D eigenvalue weighted by atomic mass is 9.92. The van der Waals surface area contributed by atoms with E-state index in [1.54, 1.807) is 0 Å². The van der Waals surface area contributed by atoms with Crippen molar-refractivity contribution in [2.75, 3.05) is 0 Å². The molecule has 0 aliphatic heterocycles. The molecule has 0 unspecified atom stereocenters. The third kappa shape index (κ3) is 3.81. The molecule has 102 valence electrons. The van der Waals surface area contributed by atoms with Crippen molar-refractivity contribution in [2.24, 2.45) is 5.73 Å². The highest BCUT2D eigenvalue weighted by molar-refractivity contribution is 7.12. The van der Waals surface area contributed by atoms with Crippen LogP contribution in [0.3, 0.4) is 0 Å². The highest BCUT2D eigenvalue weighted by Gasteiger charge is 2.19. The van der Waals surface area contributed by atoms with Crippen LogP contribution in [-0.4, -0.2) is 12.1 Å². The summed E-state index contributed by atoms with van der Waals surface area (Å²) < 4.78 is 0. The Morgan fingerprint density at radius 2 is 1.89 bits per heavy atom. The topological polar surface area (TPSA) is 38.0 Å². The Balaban J connectivity index is 1.82. The Hall–Kier alpha value is -0.380. The van der Waals surface area contributed by atoms with Gasteiger partial charge in [-0.1, -0.05) is 20.8 Å². The van der Waals surface area contributed by atoms with E-state index in [-0.39, 0.29) is 5.41 Å². The SMILES string of the molecule is CC(C)(C)c1ccc(CNC2CCC(N)CC2)s1. The second kappa shape index (κ2) is 5.72. The van der Waals surface area contributed by atoms with Crippen molar-refractivity contribution >= 4 is 11.3 Å². The second-order valence-electron chi connectivity index (χ2n) is 6.51. The summed E-state index contributed by atoms with van der Waals surface area (Å²) in [7, 11) is 0. The van der Waals surface area contributed by atoms with Crippen LogP contribution >= 0.6 is 11.3 Å². The number of thiophene rings is 1. The molecule has 2 nitrogen and oxygen atoms in total. The van der Waals surface area contributed by atoms with Crippen molar-refractivity contribution < 1.29 is 0 Å². The molecule has 1 heterocycles. The van der Waals surface area contributed by atoms with E-state index in [1.807, 2.05) is 11.3 Å². The molecule has 0 radical (unpaired) electrons. The molecule has 0 amide bonds. The largest absolute Gasteiger partial charge is 0.328 e. The molecule has 1 saturated carbocycles. The van der Waals surface area contributed by atoms with E-state index >= 15 is 0 Å². The molecule has 1 fully saturated rings. The zero-order valence-corrected chi connectivity index (χ0v) is 12.6. The van der Waals surface area contributed by atoms with Crippen molar-refractivity contribution in [3.63, 3.8) is 0 Å². The molecule has 3 N–H and O–H groups in total. The zero-order valence-electron chi connectivity index (χ0n) is 11.8. The van der Waals surface area contributed by atoms with Crippen LogP contribution in [-0.2, 0) is 12.0 Å². The van der Waals surface area contributed by atoms with E-state index in [1.165, 1.54) is 35.4 Å². The molecule has 0 atom stereocenters. The molecule has 3 heteroatoms. The normalized spacial score (nSPS) is 25.3. The summed E-state index contributed by atoms with van der Waals surface area (Å²) in [6, 6.07) is 5.66. The lowest BCUT2D eigenvalue weighted by Gasteiger charge is -2.26. The molecular weight excluding hydrogens is 240 g/mol. The lowest BCUT2D eigenvalue weighted by molar-refractivity contribution is 0.342. The van der Waals surface area contributed by atoms with Crippen molar-refractivity contribution in [2.45, 2.75) is 70.5 Å². The fourth-order valence-electron chi connectivity index (χ4n) is 2.44. The minimum atomic E-state index is 0.278. The number of rotatable bonds is 3. The molecule has 2 rings (SSSR count). The highest BCUT2D eigenvalue weighted by atomic mass is 32.1. The Morgan fingerprint density at radius 3 is 2.44 bits per heavy atom. The van der Waals surface area contributed by atoms with Gasteiger partial charge in [-0.15, -0.1) is 11.3 Å². The summed E-state index contributed by atoms with van der Waals surface area (Å²) in [5.41, 5.74) is 6.21. The van der Waals surface area contributed by atoms with Gasteiger partial charge < -0.3 is 11.1 Å². The molecule has 1 aliphatic rings. The third-order valence-electron chi connectivity index (χ3n) is 3.74. The fraction of sp³-hybridized carbons (Fsp3) is 0.733. The van der Waals surface area contributed by atoms with Gasteiger partial charge in [0.15, 0.2) is 0 Å². The number of nitrogens with two attached hydrogens (primary N) is 1. The van der Waals surface area contributed by atoms with Crippen molar-refractivity contribution in [1.29, 1.82) is 0 Å². The quantitative estimate of drug-likeness (QED) is 0.880. The van der Waals surface area contributed by atoms with Gasteiger partial charge in [0.2, 0.25) is 0 Å². The highest BCUT2D eigenvalue weighted by Crippen LogP contribution is 2.29. The van der Waals surface area contributed by atoms with E-state index in [9.17, 15) is 0 Å². The van der Waals surface area contributed by atoms with Gasteiger partial charge in [-0.05, 0) is 43.2 Å². The first kappa shape index (κ1) is 14.0. The van der Waals surface area contributed by atoms with Gasteiger partial charge in [0.25, 0.3) is 0 Å². The average Bonchev–Trinajstić information content (AvgIpc) is 2.77. The molecular formula is C15H26N2S. The first-order valence-corrected chi connectivity index (χ1v) is 7.85. The maximum atomic E-state index is 5.93. The van der Waals surface area contributed by atoms with Crippen molar-refractivity contribution in [3.8, 4) is 0 Å². The van der Waals surface area contributed by atoms with Crippen LogP contribution in [0.1, 0.15) is 56.2 Å². The molecule has 1 aliphatic carbocycles. The summed E-state index contributed by atoms with van der Waals surface area (Å²) in [4.78, 5) is 2.93. The predicted molar refractivity (Wildman–Crippen MR) is 80.1 cm³/mol. The Morgan fingerprint density at radius 1 is 1.22 bits per heavy atom. The molecule has 0 bridgehead atoms. The van der Waals surface area contributed by atoms with Crippen LogP contribution < -0.4 is 11.1 Å². The van der Waals surface area contributed by atoms with Crippen LogP contribution in [0, 0.1) is 0 Å². The van der Waals surface area contributed by atoms with E-state index in [2.05, 4.69) is 38.2 Å². The zero-order chi connectivity index (χ0) is 13.2. The summed E-state index contributed by atoms with van der Waals surface area (Å²) in [5, 5.41) is 3.68. The van der Waals surface area contributed by atoms with E-state index in [0.717, 1.165) is 6.54 Å². The smallest absolute Gasteiger partial charge is 0.0302 e. The van der Waals surface area contributed by atoms with Crippen molar-refractivity contribution in [3.05, 3.63) is 21.9 Å². The maximum absolute atomic E-state index is 5.93. The fourth-order valence-corrected chi connectivity index (χ4v) is 3.46. The average molecular weight is 266 g/mol. The lowest BCUT2D eigenvalue weighted by Crippen LogP contribution is -2.36. The van der Waals surface area contributed by atoms with E-state index in [0.29, 0.717) is 12.1 Å². The maximum Gasteiger partial charge on any atom is 0.0302 e. The third-order valence-corrected chi connectivity index (χ3v) is 5.25. The first-order valence-electron chi connectivity index (χ1n) is 7.03. The van der Waals surface area contributed by atoms with Crippen LogP contribution in [0.4, 0.5) is 0 Å². The number of hydrogen-bond donors (Lipinski definition) is 2. The molecule has 18 heavy (non-hydrogen) atoms. The van der Waals surface area contributed by atoms with Gasteiger partial charge in [0, 0.05) is 28.4 Å².